The minimum Gasteiger partial charge on any atom is -0.356 e. The van der Waals surface area contributed by atoms with E-state index >= 15 is 0 Å². The largest absolute Gasteiger partial charge is 0.356 e. The first kappa shape index (κ1) is 24.8. The van der Waals surface area contributed by atoms with E-state index in [1.165, 1.54) is 10.5 Å². The van der Waals surface area contributed by atoms with Gasteiger partial charge < -0.3 is 10.3 Å². The fourth-order valence-corrected chi connectivity index (χ4v) is 6.16. The maximum Gasteiger partial charge on any atom is 0.332 e. The molecule has 2 aliphatic heterocycles. The third-order valence-electron chi connectivity index (χ3n) is 8.17. The number of hydrogen-bond donors (Lipinski definition) is 2. The van der Waals surface area contributed by atoms with Crippen molar-refractivity contribution in [2.45, 2.75) is 31.8 Å². The fraction of sp³-hybridized carbons (Fsp3) is 0.147. The number of imide groups is 1. The van der Waals surface area contributed by atoms with Crippen molar-refractivity contribution >= 4 is 40.1 Å². The lowest BCUT2D eigenvalue weighted by molar-refractivity contribution is -0.120. The summed E-state index contributed by atoms with van der Waals surface area (Å²) in [6.45, 7) is 2.07. The molecule has 0 bridgehead atoms. The van der Waals surface area contributed by atoms with E-state index in [-0.39, 0.29) is 23.1 Å². The molecule has 41 heavy (non-hydrogen) atoms. The molecular weight excluding hydrogens is 512 g/mol. The number of para-hydroxylation sites is 2. The van der Waals surface area contributed by atoms with Gasteiger partial charge in [-0.25, -0.2) is 9.69 Å². The van der Waals surface area contributed by atoms with Crippen LogP contribution in [0.3, 0.4) is 0 Å². The first-order valence-electron chi connectivity index (χ1n) is 13.8. The van der Waals surface area contributed by atoms with Gasteiger partial charge in [0, 0.05) is 28.7 Å². The van der Waals surface area contributed by atoms with Crippen LogP contribution < -0.4 is 10.2 Å². The van der Waals surface area contributed by atoms with E-state index in [1.54, 1.807) is 29.2 Å². The van der Waals surface area contributed by atoms with Gasteiger partial charge in [-0.1, -0.05) is 79.7 Å². The minimum absolute atomic E-state index is 0.258. The molecule has 2 atom stereocenters. The molecule has 3 heterocycles. The summed E-state index contributed by atoms with van der Waals surface area (Å²) < 4.78 is 0. The molecule has 5 aromatic rings. The summed E-state index contributed by atoms with van der Waals surface area (Å²) in [7, 11) is 0. The highest BCUT2D eigenvalue weighted by Crippen LogP contribution is 2.45. The minimum atomic E-state index is -0.697. The zero-order chi connectivity index (χ0) is 28.1. The lowest BCUT2D eigenvalue weighted by Gasteiger charge is -2.36. The van der Waals surface area contributed by atoms with Gasteiger partial charge in [0.2, 0.25) is 0 Å². The Morgan fingerprint density at radius 3 is 2.37 bits per heavy atom. The second kappa shape index (κ2) is 9.78. The third kappa shape index (κ3) is 4.00. The summed E-state index contributed by atoms with van der Waals surface area (Å²) in [4.78, 5) is 48.2. The highest BCUT2D eigenvalue weighted by Gasteiger charge is 2.53. The average Bonchev–Trinajstić information content (AvgIpc) is 3.50. The van der Waals surface area contributed by atoms with Crippen LogP contribution in [0.2, 0.25) is 0 Å². The Morgan fingerprint density at radius 2 is 1.59 bits per heavy atom. The third-order valence-corrected chi connectivity index (χ3v) is 8.17. The van der Waals surface area contributed by atoms with Crippen LogP contribution in [0.1, 0.15) is 45.7 Å². The lowest BCUT2D eigenvalue weighted by Crippen LogP contribution is -2.44. The molecule has 1 aromatic heterocycles. The van der Waals surface area contributed by atoms with Crippen LogP contribution in [0, 0.1) is 0 Å². The molecule has 0 saturated carbocycles. The Hall–Kier alpha value is -5.17. The van der Waals surface area contributed by atoms with Crippen molar-refractivity contribution < 1.29 is 14.4 Å². The molecule has 4 amide bonds. The molecule has 4 aromatic carbocycles. The van der Waals surface area contributed by atoms with Crippen LogP contribution in [-0.2, 0) is 17.6 Å². The Labute approximate surface area is 237 Å². The topological polar surface area (TPSA) is 85.5 Å². The number of hydrogen-bond acceptors (Lipinski definition) is 3. The number of nitrogens with zero attached hydrogens (tertiary/aromatic N) is 2. The van der Waals surface area contributed by atoms with E-state index in [1.807, 2.05) is 78.9 Å². The van der Waals surface area contributed by atoms with Crippen LogP contribution in [0.4, 0.5) is 16.2 Å². The Bertz CT molecular complexity index is 1810. The average molecular weight is 541 g/mol. The molecule has 7 heteroatoms. The smallest absolute Gasteiger partial charge is 0.332 e. The van der Waals surface area contributed by atoms with Crippen molar-refractivity contribution in [3.05, 3.63) is 131 Å². The monoisotopic (exact) mass is 540 g/mol. The fourth-order valence-electron chi connectivity index (χ4n) is 6.16. The van der Waals surface area contributed by atoms with Crippen molar-refractivity contribution in [2.24, 2.45) is 0 Å². The van der Waals surface area contributed by atoms with Gasteiger partial charge >= 0.3 is 6.03 Å². The first-order chi connectivity index (χ1) is 20.0. The lowest BCUT2D eigenvalue weighted by atomic mass is 9.89. The second-order valence-electron chi connectivity index (χ2n) is 10.5. The van der Waals surface area contributed by atoms with Gasteiger partial charge in [-0.3, -0.25) is 14.5 Å². The van der Waals surface area contributed by atoms with Crippen molar-refractivity contribution in [1.29, 1.82) is 0 Å². The Morgan fingerprint density at radius 1 is 0.878 bits per heavy atom. The zero-order valence-corrected chi connectivity index (χ0v) is 22.5. The van der Waals surface area contributed by atoms with E-state index in [4.69, 9.17) is 0 Å². The van der Waals surface area contributed by atoms with E-state index < -0.39 is 18.1 Å². The number of carbonyl (C=O) groups is 3. The quantitative estimate of drug-likeness (QED) is 0.251. The van der Waals surface area contributed by atoms with Gasteiger partial charge in [-0.2, -0.15) is 0 Å². The summed E-state index contributed by atoms with van der Waals surface area (Å²) in [6.07, 6.45) is 1.29. The normalized spacial score (nSPS) is 18.0. The predicted molar refractivity (Wildman–Crippen MR) is 159 cm³/mol. The number of H-pyrrole nitrogens is 1. The van der Waals surface area contributed by atoms with Crippen molar-refractivity contribution in [1.82, 2.24) is 9.88 Å². The van der Waals surface area contributed by atoms with Crippen LogP contribution in [-0.4, -0.2) is 33.8 Å². The number of urea groups is 1. The summed E-state index contributed by atoms with van der Waals surface area (Å²) in [5.74, 6) is -0.717. The van der Waals surface area contributed by atoms with Gasteiger partial charge in [0.1, 0.15) is 12.1 Å². The van der Waals surface area contributed by atoms with E-state index in [0.29, 0.717) is 12.1 Å². The van der Waals surface area contributed by atoms with Gasteiger partial charge in [0.15, 0.2) is 0 Å². The molecule has 0 spiro atoms. The predicted octanol–water partition coefficient (Wildman–Crippen LogP) is 6.47. The molecule has 202 valence electrons. The Balaban J connectivity index is 1.29. The number of benzene rings is 4. The molecule has 7 nitrogen and oxygen atoms in total. The van der Waals surface area contributed by atoms with Crippen molar-refractivity contribution in [2.75, 3.05) is 10.2 Å². The van der Waals surface area contributed by atoms with E-state index in [2.05, 4.69) is 17.2 Å². The summed E-state index contributed by atoms with van der Waals surface area (Å²) in [6, 6.07) is 30.6. The van der Waals surface area contributed by atoms with Crippen molar-refractivity contribution in [3.8, 4) is 0 Å². The molecule has 1 saturated heterocycles. The number of aromatic amines is 1. The summed E-state index contributed by atoms with van der Waals surface area (Å²) >= 11 is 0. The second-order valence-corrected chi connectivity index (χ2v) is 10.5. The zero-order valence-electron chi connectivity index (χ0n) is 22.5. The van der Waals surface area contributed by atoms with Gasteiger partial charge in [0.25, 0.3) is 11.8 Å². The molecule has 0 aliphatic carbocycles. The summed E-state index contributed by atoms with van der Waals surface area (Å²) in [5.41, 5.74) is 6.19. The number of carbonyl (C=O) groups excluding carboxylic acids is 3. The molecule has 0 unspecified atom stereocenters. The number of nitrogens with one attached hydrogen (secondary N) is 2. The standard InChI is InChI=1S/C34H28N4O3/c1-2-21-16-18-23(19-17-21)35-32(39)25-13-7-9-15-28(25)38-33(40)29-20-26-24-12-6-8-14-27(24)36-30(26)31(37(29)34(38)41)22-10-4-3-5-11-22/h3-19,29,31,36H,2,20H2,1H3,(H,35,39)/t29-,31+/m0/s1. The Kier molecular flexibility index (Phi) is 5.93. The van der Waals surface area contributed by atoms with Crippen LogP contribution in [0.5, 0.6) is 0 Å². The van der Waals surface area contributed by atoms with Crippen LogP contribution in [0.15, 0.2) is 103 Å². The molecule has 0 radical (unpaired) electrons. The van der Waals surface area contributed by atoms with E-state index in [9.17, 15) is 14.4 Å². The number of amides is 4. The highest BCUT2D eigenvalue weighted by atomic mass is 16.2. The van der Waals surface area contributed by atoms with Gasteiger partial charge in [-0.05, 0) is 53.4 Å². The van der Waals surface area contributed by atoms with E-state index in [0.717, 1.165) is 34.1 Å². The number of fused-ring (bicyclic) bond motifs is 4. The SMILES string of the molecule is CCc1ccc(NC(=O)c2ccccc2N2C(=O)[C@@H]3Cc4c([nH]c5ccccc45)[C@@H](c4ccccc4)N3C2=O)cc1. The first-order valence-corrected chi connectivity index (χ1v) is 13.8. The number of anilines is 2. The molecule has 2 aliphatic rings. The highest BCUT2D eigenvalue weighted by molar-refractivity contribution is 6.24. The number of aromatic nitrogens is 1. The molecule has 2 N–H and O–H groups in total. The number of aryl methyl sites for hydroxylation is 1. The van der Waals surface area contributed by atoms with Crippen LogP contribution in [0.25, 0.3) is 10.9 Å². The number of rotatable bonds is 5. The van der Waals surface area contributed by atoms with Crippen LogP contribution >= 0.6 is 0 Å². The summed E-state index contributed by atoms with van der Waals surface area (Å²) in [5, 5.41) is 3.98. The van der Waals surface area contributed by atoms with Crippen molar-refractivity contribution in [3.63, 3.8) is 0 Å². The molecule has 7 rings (SSSR count). The molecule has 1 fully saturated rings. The molecular formula is C34H28N4O3. The maximum absolute atomic E-state index is 14.2. The maximum atomic E-state index is 14.2. The van der Waals surface area contributed by atoms with Gasteiger partial charge in [-0.15, -0.1) is 0 Å². The van der Waals surface area contributed by atoms with Gasteiger partial charge in [0.05, 0.1) is 11.3 Å².